The molecule has 0 radical (unpaired) electrons. The molecular weight excluding hydrogens is 248 g/mol. The molecule has 0 aliphatic rings. The second-order valence-corrected chi connectivity index (χ2v) is 5.98. The fourth-order valence-electron chi connectivity index (χ4n) is 1.67. The predicted molar refractivity (Wildman–Crippen MR) is 71.3 cm³/mol. The van der Waals surface area contributed by atoms with E-state index in [1.165, 1.54) is 11.8 Å². The molecule has 18 heavy (non-hydrogen) atoms. The first kappa shape index (κ1) is 15.0. The SMILES string of the molecule is CCCNC(C)(C#N)CC(C)Sc1nnc(C)o1. The van der Waals surface area contributed by atoms with Crippen LogP contribution >= 0.6 is 11.8 Å². The van der Waals surface area contributed by atoms with Gasteiger partial charge < -0.3 is 4.42 Å². The minimum absolute atomic E-state index is 0.235. The Morgan fingerprint density at radius 3 is 2.78 bits per heavy atom. The Balaban J connectivity index is 2.52. The third kappa shape index (κ3) is 4.67. The summed E-state index contributed by atoms with van der Waals surface area (Å²) in [6, 6.07) is 2.34. The molecule has 0 saturated carbocycles. The lowest BCUT2D eigenvalue weighted by atomic mass is 9.98. The minimum Gasteiger partial charge on any atom is -0.416 e. The minimum atomic E-state index is -0.502. The summed E-state index contributed by atoms with van der Waals surface area (Å²) in [7, 11) is 0. The van der Waals surface area contributed by atoms with Crippen LogP contribution in [0.25, 0.3) is 0 Å². The summed E-state index contributed by atoms with van der Waals surface area (Å²) in [4.78, 5) is 0. The Bertz CT molecular complexity index is 414. The van der Waals surface area contributed by atoms with Crippen molar-refractivity contribution in [2.45, 2.75) is 56.5 Å². The lowest BCUT2D eigenvalue weighted by molar-refractivity contribution is 0.411. The Labute approximate surface area is 112 Å². The highest BCUT2D eigenvalue weighted by Crippen LogP contribution is 2.27. The lowest BCUT2D eigenvalue weighted by Crippen LogP contribution is -2.43. The zero-order chi connectivity index (χ0) is 13.6. The zero-order valence-corrected chi connectivity index (χ0v) is 12.2. The molecule has 6 heteroatoms. The maximum atomic E-state index is 9.26. The second-order valence-electron chi connectivity index (χ2n) is 4.59. The van der Waals surface area contributed by atoms with Crippen molar-refractivity contribution >= 4 is 11.8 Å². The second kappa shape index (κ2) is 6.76. The number of rotatable bonds is 7. The molecule has 0 aliphatic heterocycles. The van der Waals surface area contributed by atoms with Crippen molar-refractivity contribution < 1.29 is 4.42 Å². The van der Waals surface area contributed by atoms with Crippen molar-refractivity contribution in [3.63, 3.8) is 0 Å². The summed E-state index contributed by atoms with van der Waals surface area (Å²) in [5.74, 6) is 0.567. The summed E-state index contributed by atoms with van der Waals surface area (Å²) >= 11 is 1.51. The predicted octanol–water partition coefficient (Wildman–Crippen LogP) is 2.53. The van der Waals surface area contributed by atoms with E-state index in [4.69, 9.17) is 4.42 Å². The van der Waals surface area contributed by atoms with Gasteiger partial charge in [0.2, 0.25) is 5.89 Å². The van der Waals surface area contributed by atoms with Gasteiger partial charge >= 0.3 is 0 Å². The summed E-state index contributed by atoms with van der Waals surface area (Å²) < 4.78 is 5.32. The van der Waals surface area contributed by atoms with Gasteiger partial charge in [-0.05, 0) is 26.3 Å². The molecule has 1 heterocycles. The number of aryl methyl sites for hydroxylation is 1. The quantitative estimate of drug-likeness (QED) is 0.766. The fraction of sp³-hybridized carbons (Fsp3) is 0.750. The van der Waals surface area contributed by atoms with Crippen molar-refractivity contribution in [1.82, 2.24) is 15.5 Å². The molecule has 0 aliphatic carbocycles. The zero-order valence-electron chi connectivity index (χ0n) is 11.4. The Hall–Kier alpha value is -1.06. The van der Waals surface area contributed by atoms with Gasteiger partial charge in [-0.1, -0.05) is 25.6 Å². The third-order valence-electron chi connectivity index (χ3n) is 2.52. The van der Waals surface area contributed by atoms with Crippen LogP contribution in [0.5, 0.6) is 0 Å². The third-order valence-corrected chi connectivity index (χ3v) is 3.45. The molecule has 1 aromatic heterocycles. The number of hydrogen-bond acceptors (Lipinski definition) is 6. The largest absolute Gasteiger partial charge is 0.416 e. The number of nitrogens with one attached hydrogen (secondary N) is 1. The standard InChI is InChI=1S/C12H20N4OS/c1-5-6-14-12(4,8-13)7-9(2)18-11-16-15-10(3)17-11/h9,14H,5-7H2,1-4H3. The van der Waals surface area contributed by atoms with Crippen LogP contribution in [-0.4, -0.2) is 27.5 Å². The average molecular weight is 268 g/mol. The summed E-state index contributed by atoms with van der Waals surface area (Å²) in [6.45, 7) is 8.70. The number of nitriles is 1. The topological polar surface area (TPSA) is 74.7 Å². The highest BCUT2D eigenvalue weighted by molar-refractivity contribution is 7.99. The number of hydrogen-bond donors (Lipinski definition) is 1. The molecule has 0 spiro atoms. The first-order valence-corrected chi connectivity index (χ1v) is 7.00. The van der Waals surface area contributed by atoms with Crippen LogP contribution in [0.1, 0.15) is 39.5 Å². The molecule has 5 nitrogen and oxygen atoms in total. The van der Waals surface area contributed by atoms with Gasteiger partial charge in [0.25, 0.3) is 5.22 Å². The van der Waals surface area contributed by atoms with E-state index in [9.17, 15) is 5.26 Å². The Morgan fingerprint density at radius 1 is 1.56 bits per heavy atom. The van der Waals surface area contributed by atoms with Crippen molar-refractivity contribution in [3.8, 4) is 6.07 Å². The molecule has 0 bridgehead atoms. The molecule has 2 atom stereocenters. The first-order chi connectivity index (χ1) is 8.49. The van der Waals surface area contributed by atoms with E-state index in [0.717, 1.165) is 19.4 Å². The number of thioether (sulfide) groups is 1. The van der Waals surface area contributed by atoms with Crippen LogP contribution in [-0.2, 0) is 0 Å². The van der Waals surface area contributed by atoms with Crippen LogP contribution in [0.15, 0.2) is 9.64 Å². The molecule has 0 saturated heterocycles. The molecule has 100 valence electrons. The van der Waals surface area contributed by atoms with Gasteiger partial charge in [-0.15, -0.1) is 10.2 Å². The van der Waals surface area contributed by atoms with Crippen molar-refractivity contribution in [1.29, 1.82) is 5.26 Å². The Morgan fingerprint density at radius 2 is 2.28 bits per heavy atom. The van der Waals surface area contributed by atoms with Crippen molar-refractivity contribution in [3.05, 3.63) is 5.89 Å². The van der Waals surface area contributed by atoms with Crippen LogP contribution < -0.4 is 5.32 Å². The smallest absolute Gasteiger partial charge is 0.276 e. The Kier molecular flexibility index (Phi) is 5.63. The van der Waals surface area contributed by atoms with Gasteiger partial charge in [0.05, 0.1) is 6.07 Å². The molecular formula is C12H20N4OS. The van der Waals surface area contributed by atoms with E-state index in [2.05, 4.69) is 35.4 Å². The van der Waals surface area contributed by atoms with Gasteiger partial charge in [-0.25, -0.2) is 0 Å². The molecule has 1 rings (SSSR count). The van der Waals surface area contributed by atoms with E-state index in [1.54, 1.807) is 6.92 Å². The van der Waals surface area contributed by atoms with Crippen LogP contribution in [0, 0.1) is 18.3 Å². The fourth-order valence-corrected chi connectivity index (χ4v) is 2.69. The molecule has 0 amide bonds. The van der Waals surface area contributed by atoms with Crippen molar-refractivity contribution in [2.75, 3.05) is 6.54 Å². The van der Waals surface area contributed by atoms with Gasteiger partial charge in [-0.2, -0.15) is 5.26 Å². The maximum absolute atomic E-state index is 9.26. The molecule has 1 aromatic rings. The summed E-state index contributed by atoms with van der Waals surface area (Å²) in [5, 5.41) is 21.1. The van der Waals surface area contributed by atoms with Gasteiger partial charge in [-0.3, -0.25) is 5.32 Å². The van der Waals surface area contributed by atoms with E-state index in [-0.39, 0.29) is 5.25 Å². The molecule has 1 N–H and O–H groups in total. The number of nitrogens with zero attached hydrogens (tertiary/aromatic N) is 3. The summed E-state index contributed by atoms with van der Waals surface area (Å²) in [6.07, 6.45) is 1.75. The normalized spacial score (nSPS) is 15.9. The van der Waals surface area contributed by atoms with Crippen LogP contribution in [0.4, 0.5) is 0 Å². The van der Waals surface area contributed by atoms with E-state index in [0.29, 0.717) is 11.1 Å². The van der Waals surface area contributed by atoms with E-state index < -0.39 is 5.54 Å². The van der Waals surface area contributed by atoms with E-state index >= 15 is 0 Å². The average Bonchev–Trinajstić information content (AvgIpc) is 2.72. The van der Waals surface area contributed by atoms with Gasteiger partial charge in [0.15, 0.2) is 0 Å². The highest BCUT2D eigenvalue weighted by atomic mass is 32.2. The highest BCUT2D eigenvalue weighted by Gasteiger charge is 2.26. The number of aromatic nitrogens is 2. The van der Waals surface area contributed by atoms with Gasteiger partial charge in [0, 0.05) is 12.2 Å². The van der Waals surface area contributed by atoms with Crippen LogP contribution in [0.2, 0.25) is 0 Å². The maximum Gasteiger partial charge on any atom is 0.276 e. The summed E-state index contributed by atoms with van der Waals surface area (Å²) in [5.41, 5.74) is -0.502. The van der Waals surface area contributed by atoms with Crippen molar-refractivity contribution in [2.24, 2.45) is 0 Å². The first-order valence-electron chi connectivity index (χ1n) is 6.12. The molecule has 0 aromatic carbocycles. The van der Waals surface area contributed by atoms with E-state index in [1.807, 2.05) is 6.92 Å². The van der Waals surface area contributed by atoms with Gasteiger partial charge in [0.1, 0.15) is 5.54 Å². The molecule has 0 fully saturated rings. The molecule has 2 unspecified atom stereocenters. The lowest BCUT2D eigenvalue weighted by Gasteiger charge is -2.25. The van der Waals surface area contributed by atoms with Crippen LogP contribution in [0.3, 0.4) is 0 Å². The monoisotopic (exact) mass is 268 g/mol.